The number of benzene rings is 1. The number of aryl methyl sites for hydroxylation is 1. The van der Waals surface area contributed by atoms with Crippen LogP contribution in [0.4, 0.5) is 5.82 Å². The number of aromatic nitrogens is 4. The standard InChI is InChI=1S/C17H21N5O/c1-17(2,3)23-22(10-13-8-6-5-7-9-13)16-14-15(18-11-19-16)21(4)12-20-14/h5-9,11-12H,10H2,1-4H3. The van der Waals surface area contributed by atoms with Gasteiger partial charge in [0.2, 0.25) is 0 Å². The summed E-state index contributed by atoms with van der Waals surface area (Å²) in [6.07, 6.45) is 3.28. The van der Waals surface area contributed by atoms with E-state index in [4.69, 9.17) is 4.84 Å². The molecule has 3 rings (SSSR count). The van der Waals surface area contributed by atoms with Crippen LogP contribution in [-0.2, 0) is 18.4 Å². The Morgan fingerprint density at radius 1 is 1.09 bits per heavy atom. The molecule has 6 heteroatoms. The van der Waals surface area contributed by atoms with Gasteiger partial charge in [0.05, 0.1) is 18.5 Å². The lowest BCUT2D eigenvalue weighted by molar-refractivity contribution is -0.0245. The van der Waals surface area contributed by atoms with Crippen molar-refractivity contribution >= 4 is 17.0 Å². The van der Waals surface area contributed by atoms with E-state index in [0.29, 0.717) is 12.4 Å². The Bertz CT molecular complexity index is 792. The van der Waals surface area contributed by atoms with Crippen LogP contribution in [0.3, 0.4) is 0 Å². The molecule has 0 N–H and O–H groups in total. The molecule has 0 aliphatic heterocycles. The van der Waals surface area contributed by atoms with E-state index >= 15 is 0 Å². The molecule has 0 radical (unpaired) electrons. The predicted octanol–water partition coefficient (Wildman–Crippen LogP) is 3.10. The molecule has 0 saturated heterocycles. The lowest BCUT2D eigenvalue weighted by atomic mass is 10.2. The van der Waals surface area contributed by atoms with Crippen molar-refractivity contribution in [2.75, 3.05) is 5.06 Å². The molecule has 0 spiro atoms. The molecule has 120 valence electrons. The molecule has 0 aliphatic rings. The molecule has 0 fully saturated rings. The topological polar surface area (TPSA) is 56.1 Å². The van der Waals surface area contributed by atoms with E-state index in [1.807, 2.05) is 50.6 Å². The predicted molar refractivity (Wildman–Crippen MR) is 89.8 cm³/mol. The van der Waals surface area contributed by atoms with Crippen molar-refractivity contribution in [2.45, 2.75) is 32.9 Å². The molecule has 3 aromatic rings. The van der Waals surface area contributed by atoms with Gasteiger partial charge < -0.3 is 4.57 Å². The van der Waals surface area contributed by atoms with Crippen molar-refractivity contribution in [1.29, 1.82) is 0 Å². The first kappa shape index (κ1) is 15.4. The molecule has 0 atom stereocenters. The van der Waals surface area contributed by atoms with Crippen LogP contribution in [0.5, 0.6) is 0 Å². The van der Waals surface area contributed by atoms with Crippen molar-refractivity contribution in [1.82, 2.24) is 19.5 Å². The van der Waals surface area contributed by atoms with Gasteiger partial charge in [-0.15, -0.1) is 0 Å². The Balaban J connectivity index is 2.03. The highest BCUT2D eigenvalue weighted by Gasteiger charge is 2.22. The minimum Gasteiger partial charge on any atom is -0.318 e. The molecule has 23 heavy (non-hydrogen) atoms. The van der Waals surface area contributed by atoms with E-state index in [2.05, 4.69) is 27.1 Å². The Labute approximate surface area is 135 Å². The summed E-state index contributed by atoms with van der Waals surface area (Å²) in [5, 5.41) is 1.80. The molecule has 0 amide bonds. The largest absolute Gasteiger partial charge is 0.318 e. The zero-order valence-corrected chi connectivity index (χ0v) is 13.9. The minimum atomic E-state index is -0.346. The van der Waals surface area contributed by atoms with Gasteiger partial charge in [0.25, 0.3) is 0 Å². The maximum Gasteiger partial charge on any atom is 0.184 e. The van der Waals surface area contributed by atoms with Gasteiger partial charge in [0.1, 0.15) is 6.33 Å². The van der Waals surface area contributed by atoms with E-state index < -0.39 is 0 Å². The summed E-state index contributed by atoms with van der Waals surface area (Å²) in [5.41, 5.74) is 2.31. The summed E-state index contributed by atoms with van der Waals surface area (Å²) in [4.78, 5) is 19.3. The average molecular weight is 311 g/mol. The average Bonchev–Trinajstić information content (AvgIpc) is 2.88. The van der Waals surface area contributed by atoms with Gasteiger partial charge in [-0.3, -0.25) is 4.84 Å². The first-order valence-corrected chi connectivity index (χ1v) is 7.57. The SMILES string of the molecule is Cn1cnc2c(N(Cc3ccccc3)OC(C)(C)C)ncnc21. The van der Waals surface area contributed by atoms with Crippen LogP contribution in [0.25, 0.3) is 11.2 Å². The third-order valence-corrected chi connectivity index (χ3v) is 3.27. The molecular weight excluding hydrogens is 290 g/mol. The highest BCUT2D eigenvalue weighted by molar-refractivity contribution is 5.82. The zero-order chi connectivity index (χ0) is 16.4. The molecule has 0 saturated carbocycles. The number of fused-ring (bicyclic) bond motifs is 1. The number of hydrogen-bond donors (Lipinski definition) is 0. The Morgan fingerprint density at radius 3 is 2.52 bits per heavy atom. The summed E-state index contributed by atoms with van der Waals surface area (Å²) in [5.74, 6) is 0.675. The van der Waals surface area contributed by atoms with Crippen molar-refractivity contribution < 1.29 is 4.84 Å². The highest BCUT2D eigenvalue weighted by Crippen LogP contribution is 2.25. The van der Waals surface area contributed by atoms with E-state index in [1.165, 1.54) is 0 Å². The van der Waals surface area contributed by atoms with E-state index in [-0.39, 0.29) is 5.60 Å². The van der Waals surface area contributed by atoms with Crippen LogP contribution in [0.2, 0.25) is 0 Å². The second-order valence-corrected chi connectivity index (χ2v) is 6.45. The van der Waals surface area contributed by atoms with Crippen LogP contribution in [0.1, 0.15) is 26.3 Å². The highest BCUT2D eigenvalue weighted by atomic mass is 16.7. The van der Waals surface area contributed by atoms with Crippen molar-refractivity contribution in [3.05, 3.63) is 48.5 Å². The number of rotatable bonds is 4. The second kappa shape index (κ2) is 5.96. The third-order valence-electron chi connectivity index (χ3n) is 3.27. The lowest BCUT2D eigenvalue weighted by Crippen LogP contribution is -2.34. The van der Waals surface area contributed by atoms with Crippen molar-refractivity contribution in [2.24, 2.45) is 7.05 Å². The maximum absolute atomic E-state index is 6.14. The first-order valence-electron chi connectivity index (χ1n) is 7.57. The maximum atomic E-state index is 6.14. The molecule has 0 aliphatic carbocycles. The Hall–Kier alpha value is -2.47. The van der Waals surface area contributed by atoms with Gasteiger partial charge in [-0.05, 0) is 26.3 Å². The van der Waals surface area contributed by atoms with Gasteiger partial charge in [-0.2, -0.15) is 0 Å². The number of hydrogen-bond acceptors (Lipinski definition) is 5. The Morgan fingerprint density at radius 2 is 1.83 bits per heavy atom. The molecular formula is C17H21N5O. The van der Waals surface area contributed by atoms with Gasteiger partial charge in [0.15, 0.2) is 17.0 Å². The number of imidazole rings is 1. The lowest BCUT2D eigenvalue weighted by Gasteiger charge is -2.30. The molecule has 2 heterocycles. The fourth-order valence-electron chi connectivity index (χ4n) is 2.35. The summed E-state index contributed by atoms with van der Waals surface area (Å²) < 4.78 is 1.87. The first-order chi connectivity index (χ1) is 10.9. The quantitative estimate of drug-likeness (QED) is 0.693. The fraction of sp³-hybridized carbons (Fsp3) is 0.353. The minimum absolute atomic E-state index is 0.346. The van der Waals surface area contributed by atoms with E-state index in [9.17, 15) is 0 Å². The summed E-state index contributed by atoms with van der Waals surface area (Å²) in [7, 11) is 1.91. The van der Waals surface area contributed by atoms with Gasteiger partial charge in [-0.1, -0.05) is 30.3 Å². The molecule has 0 bridgehead atoms. The molecule has 1 aromatic carbocycles. The van der Waals surface area contributed by atoms with Gasteiger partial charge in [-0.25, -0.2) is 20.0 Å². The fourth-order valence-corrected chi connectivity index (χ4v) is 2.35. The normalized spacial score (nSPS) is 11.8. The van der Waals surface area contributed by atoms with Gasteiger partial charge >= 0.3 is 0 Å². The van der Waals surface area contributed by atoms with Crippen LogP contribution in [0.15, 0.2) is 43.0 Å². The van der Waals surface area contributed by atoms with Crippen LogP contribution >= 0.6 is 0 Å². The Kier molecular flexibility index (Phi) is 4.00. The monoisotopic (exact) mass is 311 g/mol. The van der Waals surface area contributed by atoms with Crippen LogP contribution in [-0.4, -0.2) is 25.1 Å². The van der Waals surface area contributed by atoms with Crippen molar-refractivity contribution in [3.8, 4) is 0 Å². The number of anilines is 1. The van der Waals surface area contributed by atoms with E-state index in [1.54, 1.807) is 17.7 Å². The summed E-state index contributed by atoms with van der Waals surface area (Å²) >= 11 is 0. The number of hydroxylamine groups is 1. The number of nitrogens with zero attached hydrogens (tertiary/aromatic N) is 5. The van der Waals surface area contributed by atoms with Crippen molar-refractivity contribution in [3.63, 3.8) is 0 Å². The molecule has 6 nitrogen and oxygen atoms in total. The third kappa shape index (κ3) is 3.48. The van der Waals surface area contributed by atoms with Crippen LogP contribution < -0.4 is 5.06 Å². The summed E-state index contributed by atoms with van der Waals surface area (Å²) in [6.45, 7) is 6.63. The smallest absolute Gasteiger partial charge is 0.184 e. The zero-order valence-electron chi connectivity index (χ0n) is 13.9. The van der Waals surface area contributed by atoms with Crippen LogP contribution in [0, 0.1) is 0 Å². The molecule has 0 unspecified atom stereocenters. The van der Waals surface area contributed by atoms with Gasteiger partial charge in [0, 0.05) is 7.05 Å². The second-order valence-electron chi connectivity index (χ2n) is 6.45. The summed E-state index contributed by atoms with van der Waals surface area (Å²) in [6, 6.07) is 10.2. The van der Waals surface area contributed by atoms with E-state index in [0.717, 1.165) is 16.7 Å². The molecule has 2 aromatic heterocycles.